The molecule has 0 aliphatic carbocycles. The SMILES string of the molecule is CCCNCc1coc2c(C)ccc(C(C)C)c12. The number of furan rings is 1. The molecule has 18 heavy (non-hydrogen) atoms. The first kappa shape index (κ1) is 13.2. The largest absolute Gasteiger partial charge is 0.464 e. The molecule has 2 rings (SSSR count). The van der Waals surface area contributed by atoms with Gasteiger partial charge in [-0.1, -0.05) is 32.9 Å². The highest BCUT2D eigenvalue weighted by atomic mass is 16.3. The van der Waals surface area contributed by atoms with Gasteiger partial charge in [0.2, 0.25) is 0 Å². The topological polar surface area (TPSA) is 25.2 Å². The van der Waals surface area contributed by atoms with Crippen molar-refractivity contribution in [2.24, 2.45) is 0 Å². The number of hydrogen-bond acceptors (Lipinski definition) is 2. The Morgan fingerprint density at radius 2 is 2.06 bits per heavy atom. The van der Waals surface area contributed by atoms with Gasteiger partial charge in [0.1, 0.15) is 5.58 Å². The second-order valence-corrected chi connectivity index (χ2v) is 5.27. The molecule has 0 atom stereocenters. The summed E-state index contributed by atoms with van der Waals surface area (Å²) in [6.07, 6.45) is 3.07. The van der Waals surface area contributed by atoms with E-state index in [1.54, 1.807) is 0 Å². The smallest absolute Gasteiger partial charge is 0.137 e. The van der Waals surface area contributed by atoms with Gasteiger partial charge in [0, 0.05) is 17.5 Å². The Bertz CT molecular complexity index is 525. The van der Waals surface area contributed by atoms with Crippen LogP contribution in [0.2, 0.25) is 0 Å². The van der Waals surface area contributed by atoms with Gasteiger partial charge in [-0.25, -0.2) is 0 Å². The normalized spacial score (nSPS) is 11.6. The van der Waals surface area contributed by atoms with Crippen molar-refractivity contribution in [2.75, 3.05) is 6.54 Å². The van der Waals surface area contributed by atoms with Gasteiger partial charge in [0.25, 0.3) is 0 Å². The lowest BCUT2D eigenvalue weighted by Gasteiger charge is -2.10. The minimum absolute atomic E-state index is 0.524. The Morgan fingerprint density at radius 1 is 1.28 bits per heavy atom. The molecule has 0 bridgehead atoms. The number of nitrogens with one attached hydrogen (secondary N) is 1. The second kappa shape index (κ2) is 5.57. The summed E-state index contributed by atoms with van der Waals surface area (Å²) in [6.45, 7) is 10.7. The highest BCUT2D eigenvalue weighted by Gasteiger charge is 2.14. The second-order valence-electron chi connectivity index (χ2n) is 5.27. The molecule has 1 aromatic heterocycles. The predicted molar refractivity (Wildman–Crippen MR) is 77.0 cm³/mol. The van der Waals surface area contributed by atoms with Gasteiger partial charge in [0.15, 0.2) is 0 Å². The van der Waals surface area contributed by atoms with E-state index < -0.39 is 0 Å². The third kappa shape index (κ3) is 2.44. The van der Waals surface area contributed by atoms with E-state index in [2.05, 4.69) is 45.1 Å². The van der Waals surface area contributed by atoms with E-state index in [0.717, 1.165) is 25.1 Å². The summed E-state index contributed by atoms with van der Waals surface area (Å²) in [5, 5.41) is 4.77. The van der Waals surface area contributed by atoms with Crippen LogP contribution < -0.4 is 5.32 Å². The zero-order valence-corrected chi connectivity index (χ0v) is 11.8. The van der Waals surface area contributed by atoms with E-state index in [1.165, 1.54) is 22.1 Å². The molecule has 1 heterocycles. The summed E-state index contributed by atoms with van der Waals surface area (Å²) in [5.41, 5.74) is 4.94. The van der Waals surface area contributed by atoms with Crippen molar-refractivity contribution >= 4 is 11.0 Å². The molecular formula is C16H23NO. The molecule has 0 radical (unpaired) electrons. The average Bonchev–Trinajstić information content (AvgIpc) is 2.75. The van der Waals surface area contributed by atoms with Crippen molar-refractivity contribution in [1.29, 1.82) is 0 Å². The Balaban J connectivity index is 2.44. The lowest BCUT2D eigenvalue weighted by Crippen LogP contribution is -2.13. The third-order valence-electron chi connectivity index (χ3n) is 3.39. The predicted octanol–water partition coefficient (Wildman–Crippen LogP) is 4.36. The van der Waals surface area contributed by atoms with E-state index in [0.29, 0.717) is 5.92 Å². The summed E-state index contributed by atoms with van der Waals surface area (Å²) in [5.74, 6) is 0.524. The Morgan fingerprint density at radius 3 is 2.72 bits per heavy atom. The van der Waals surface area contributed by atoms with Gasteiger partial charge < -0.3 is 9.73 Å². The van der Waals surface area contributed by atoms with Gasteiger partial charge in [-0.15, -0.1) is 0 Å². The van der Waals surface area contributed by atoms with Crippen molar-refractivity contribution in [3.63, 3.8) is 0 Å². The van der Waals surface area contributed by atoms with Gasteiger partial charge >= 0.3 is 0 Å². The van der Waals surface area contributed by atoms with E-state index in [4.69, 9.17) is 4.42 Å². The van der Waals surface area contributed by atoms with Crippen LogP contribution in [0.3, 0.4) is 0 Å². The van der Waals surface area contributed by atoms with Gasteiger partial charge in [-0.2, -0.15) is 0 Å². The van der Waals surface area contributed by atoms with Gasteiger partial charge in [-0.05, 0) is 36.9 Å². The van der Waals surface area contributed by atoms with E-state index in [-0.39, 0.29) is 0 Å². The summed E-state index contributed by atoms with van der Waals surface area (Å²) >= 11 is 0. The quantitative estimate of drug-likeness (QED) is 0.791. The van der Waals surface area contributed by atoms with E-state index in [1.807, 2.05) is 6.26 Å². The first-order valence-electron chi connectivity index (χ1n) is 6.85. The van der Waals surface area contributed by atoms with Crippen LogP contribution >= 0.6 is 0 Å². The van der Waals surface area contributed by atoms with Gasteiger partial charge in [-0.3, -0.25) is 0 Å². The minimum atomic E-state index is 0.524. The molecule has 0 aliphatic rings. The minimum Gasteiger partial charge on any atom is -0.464 e. The molecule has 0 saturated heterocycles. The number of hydrogen-bond donors (Lipinski definition) is 1. The molecular weight excluding hydrogens is 222 g/mol. The van der Waals surface area contributed by atoms with Crippen LogP contribution in [0.25, 0.3) is 11.0 Å². The molecule has 0 aliphatic heterocycles. The molecule has 2 aromatic rings. The monoisotopic (exact) mass is 245 g/mol. The standard InChI is InChI=1S/C16H23NO/c1-5-8-17-9-13-10-18-16-12(4)6-7-14(11(2)3)15(13)16/h6-7,10-11,17H,5,8-9H2,1-4H3. The lowest BCUT2D eigenvalue weighted by atomic mass is 9.95. The number of benzene rings is 1. The number of aryl methyl sites for hydroxylation is 1. The Labute approximate surface area is 109 Å². The number of rotatable bonds is 5. The first-order chi connectivity index (χ1) is 8.65. The fraction of sp³-hybridized carbons (Fsp3) is 0.500. The highest BCUT2D eigenvalue weighted by molar-refractivity contribution is 5.87. The van der Waals surface area contributed by atoms with Crippen molar-refractivity contribution in [1.82, 2.24) is 5.32 Å². The zero-order valence-electron chi connectivity index (χ0n) is 11.8. The van der Waals surface area contributed by atoms with Crippen LogP contribution in [0.1, 0.15) is 49.8 Å². The molecule has 0 spiro atoms. The van der Waals surface area contributed by atoms with Crippen LogP contribution in [0.15, 0.2) is 22.8 Å². The molecule has 2 heteroatoms. The van der Waals surface area contributed by atoms with Crippen LogP contribution in [-0.2, 0) is 6.54 Å². The third-order valence-corrected chi connectivity index (χ3v) is 3.39. The van der Waals surface area contributed by atoms with Crippen molar-refractivity contribution < 1.29 is 4.42 Å². The fourth-order valence-electron chi connectivity index (χ4n) is 2.39. The van der Waals surface area contributed by atoms with Crippen molar-refractivity contribution in [3.05, 3.63) is 35.1 Å². The van der Waals surface area contributed by atoms with Crippen LogP contribution in [0.4, 0.5) is 0 Å². The molecule has 0 amide bonds. The maximum Gasteiger partial charge on any atom is 0.137 e. The Hall–Kier alpha value is -1.28. The summed E-state index contributed by atoms with van der Waals surface area (Å²) in [6, 6.07) is 4.39. The first-order valence-corrected chi connectivity index (χ1v) is 6.85. The molecule has 2 nitrogen and oxygen atoms in total. The van der Waals surface area contributed by atoms with Crippen molar-refractivity contribution in [2.45, 2.75) is 46.6 Å². The van der Waals surface area contributed by atoms with E-state index >= 15 is 0 Å². The lowest BCUT2D eigenvalue weighted by molar-refractivity contribution is 0.599. The molecule has 1 N–H and O–H groups in total. The van der Waals surface area contributed by atoms with Crippen molar-refractivity contribution in [3.8, 4) is 0 Å². The maximum atomic E-state index is 5.76. The molecule has 1 aromatic carbocycles. The molecule has 98 valence electrons. The van der Waals surface area contributed by atoms with Crippen LogP contribution in [-0.4, -0.2) is 6.54 Å². The average molecular weight is 245 g/mol. The maximum absolute atomic E-state index is 5.76. The molecule has 0 fully saturated rings. The summed E-state index contributed by atoms with van der Waals surface area (Å²) < 4.78 is 5.76. The van der Waals surface area contributed by atoms with Gasteiger partial charge in [0.05, 0.1) is 6.26 Å². The van der Waals surface area contributed by atoms with E-state index in [9.17, 15) is 0 Å². The molecule has 0 unspecified atom stereocenters. The van der Waals surface area contributed by atoms with Crippen LogP contribution in [0, 0.1) is 6.92 Å². The number of fused-ring (bicyclic) bond motifs is 1. The Kier molecular flexibility index (Phi) is 4.07. The zero-order chi connectivity index (χ0) is 13.1. The molecule has 0 saturated carbocycles. The highest BCUT2D eigenvalue weighted by Crippen LogP contribution is 2.32. The van der Waals surface area contributed by atoms with Crippen LogP contribution in [0.5, 0.6) is 0 Å². The summed E-state index contributed by atoms with van der Waals surface area (Å²) in [7, 11) is 0. The summed E-state index contributed by atoms with van der Waals surface area (Å²) in [4.78, 5) is 0. The fourth-order valence-corrected chi connectivity index (χ4v) is 2.39.